The van der Waals surface area contributed by atoms with Gasteiger partial charge in [0.25, 0.3) is 0 Å². The molecule has 0 spiro atoms. The fourth-order valence-electron chi connectivity index (χ4n) is 2.11. The van der Waals surface area contributed by atoms with Crippen LogP contribution in [0.2, 0.25) is 0 Å². The number of hydrogen-bond donors (Lipinski definition) is 1. The minimum Gasteiger partial charge on any atom is -0.303 e. The molecule has 0 fully saturated rings. The van der Waals surface area contributed by atoms with Gasteiger partial charge in [-0.2, -0.15) is 12.6 Å². The molecule has 0 aliphatic carbocycles. The van der Waals surface area contributed by atoms with Gasteiger partial charge in [0.1, 0.15) is 0 Å². The van der Waals surface area contributed by atoms with Crippen LogP contribution in [-0.2, 0) is 6.54 Å². The third-order valence-corrected chi connectivity index (χ3v) is 4.73. The molecular formula is C14H25NOS2. The van der Waals surface area contributed by atoms with Crippen molar-refractivity contribution in [1.29, 1.82) is 0 Å². The van der Waals surface area contributed by atoms with E-state index in [0.29, 0.717) is 0 Å². The maximum absolute atomic E-state index is 11.7. The molecule has 2 nitrogen and oxygen atoms in total. The van der Waals surface area contributed by atoms with E-state index in [2.05, 4.69) is 12.6 Å². The van der Waals surface area contributed by atoms with Crippen LogP contribution in [0.5, 0.6) is 0 Å². The molecule has 0 unspecified atom stereocenters. The van der Waals surface area contributed by atoms with Gasteiger partial charge in [-0.05, 0) is 32.4 Å². The first kappa shape index (κ1) is 15.8. The second-order valence-corrected chi connectivity index (χ2v) is 6.47. The van der Waals surface area contributed by atoms with Gasteiger partial charge in [-0.3, -0.25) is 4.79 Å². The monoisotopic (exact) mass is 287 g/mol. The van der Waals surface area contributed by atoms with Crippen molar-refractivity contribution in [2.75, 3.05) is 5.75 Å². The molecule has 0 atom stereocenters. The van der Waals surface area contributed by atoms with Crippen molar-refractivity contribution in [3.8, 4) is 0 Å². The van der Waals surface area contributed by atoms with Gasteiger partial charge in [0.2, 0.25) is 0 Å². The Balaban J connectivity index is 2.13. The summed E-state index contributed by atoms with van der Waals surface area (Å²) >= 11 is 5.58. The van der Waals surface area contributed by atoms with Crippen LogP contribution in [0.1, 0.15) is 55.5 Å². The Labute approximate surface area is 120 Å². The molecular weight excluding hydrogens is 262 g/mol. The number of thiazole rings is 1. The summed E-state index contributed by atoms with van der Waals surface area (Å²) in [6, 6.07) is 0. The molecule has 1 heterocycles. The number of unbranched alkanes of at least 4 members (excludes halogenated alkanes) is 6. The number of aryl methyl sites for hydroxylation is 1. The zero-order chi connectivity index (χ0) is 13.4. The van der Waals surface area contributed by atoms with Crippen LogP contribution in [0.4, 0.5) is 0 Å². The van der Waals surface area contributed by atoms with Crippen molar-refractivity contribution >= 4 is 24.0 Å². The molecule has 0 saturated carbocycles. The van der Waals surface area contributed by atoms with Gasteiger partial charge in [-0.25, -0.2) is 0 Å². The van der Waals surface area contributed by atoms with Crippen LogP contribution in [0, 0.1) is 13.8 Å². The third kappa shape index (κ3) is 5.19. The second-order valence-electron chi connectivity index (χ2n) is 4.86. The minimum atomic E-state index is 0.207. The topological polar surface area (TPSA) is 22.0 Å². The van der Waals surface area contributed by atoms with E-state index in [-0.39, 0.29) is 4.87 Å². The molecule has 1 rings (SSSR count). The van der Waals surface area contributed by atoms with Crippen LogP contribution >= 0.6 is 24.0 Å². The van der Waals surface area contributed by atoms with Gasteiger partial charge in [-0.15, -0.1) is 0 Å². The summed E-state index contributed by atoms with van der Waals surface area (Å²) < 4.78 is 1.93. The maximum atomic E-state index is 11.7. The standard InChI is InChI=1S/C14H25NOS2/c1-12-13(2)18-14(16)15(12)10-8-6-4-3-5-7-9-11-17/h17H,3-11H2,1-2H3. The lowest BCUT2D eigenvalue weighted by molar-refractivity contribution is 0.542. The zero-order valence-corrected chi connectivity index (χ0v) is 13.3. The number of aromatic nitrogens is 1. The van der Waals surface area contributed by atoms with Gasteiger partial charge in [0, 0.05) is 17.1 Å². The van der Waals surface area contributed by atoms with E-state index in [0.717, 1.165) is 29.3 Å². The first-order chi connectivity index (χ1) is 8.66. The SMILES string of the molecule is Cc1sc(=O)n(CCCCCCCCCS)c1C. The van der Waals surface area contributed by atoms with Crippen LogP contribution in [0.15, 0.2) is 4.79 Å². The summed E-state index contributed by atoms with van der Waals surface area (Å²) in [5.74, 6) is 1.01. The summed E-state index contributed by atoms with van der Waals surface area (Å²) in [7, 11) is 0. The molecule has 1 aromatic rings. The fourth-order valence-corrected chi connectivity index (χ4v) is 3.19. The molecule has 0 aliphatic heterocycles. The van der Waals surface area contributed by atoms with Gasteiger partial charge < -0.3 is 4.57 Å². The van der Waals surface area contributed by atoms with Crippen molar-refractivity contribution in [2.45, 2.75) is 65.3 Å². The molecule has 4 heteroatoms. The highest BCUT2D eigenvalue weighted by Crippen LogP contribution is 2.12. The second kappa shape index (κ2) is 8.81. The van der Waals surface area contributed by atoms with Crippen LogP contribution in [0.3, 0.4) is 0 Å². The molecule has 104 valence electrons. The average molecular weight is 287 g/mol. The zero-order valence-electron chi connectivity index (χ0n) is 11.6. The van der Waals surface area contributed by atoms with Crippen LogP contribution in [-0.4, -0.2) is 10.3 Å². The highest BCUT2D eigenvalue weighted by molar-refractivity contribution is 7.80. The van der Waals surface area contributed by atoms with E-state index in [1.165, 1.54) is 49.9 Å². The molecule has 0 saturated heterocycles. The van der Waals surface area contributed by atoms with E-state index in [9.17, 15) is 4.79 Å². The highest BCUT2D eigenvalue weighted by Gasteiger charge is 2.06. The lowest BCUT2D eigenvalue weighted by atomic mass is 10.1. The Kier molecular flexibility index (Phi) is 7.75. The average Bonchev–Trinajstić information content (AvgIpc) is 2.58. The molecule has 0 radical (unpaired) electrons. The highest BCUT2D eigenvalue weighted by atomic mass is 32.1. The van der Waals surface area contributed by atoms with Gasteiger partial charge in [0.15, 0.2) is 0 Å². The molecule has 0 aromatic carbocycles. The Morgan fingerprint density at radius 1 is 1.00 bits per heavy atom. The first-order valence-electron chi connectivity index (χ1n) is 6.94. The van der Waals surface area contributed by atoms with Gasteiger partial charge in [-0.1, -0.05) is 43.4 Å². The lowest BCUT2D eigenvalue weighted by Gasteiger charge is -2.05. The van der Waals surface area contributed by atoms with E-state index >= 15 is 0 Å². The van der Waals surface area contributed by atoms with E-state index < -0.39 is 0 Å². The summed E-state index contributed by atoms with van der Waals surface area (Å²) in [5, 5.41) is 0. The van der Waals surface area contributed by atoms with E-state index in [4.69, 9.17) is 0 Å². The molecule has 0 amide bonds. The van der Waals surface area contributed by atoms with Crippen molar-refractivity contribution < 1.29 is 0 Å². The first-order valence-corrected chi connectivity index (χ1v) is 8.39. The predicted molar refractivity (Wildman–Crippen MR) is 84.2 cm³/mol. The largest absolute Gasteiger partial charge is 0.307 e. The Morgan fingerprint density at radius 3 is 2.06 bits per heavy atom. The fraction of sp³-hybridized carbons (Fsp3) is 0.786. The smallest absolute Gasteiger partial charge is 0.303 e. The van der Waals surface area contributed by atoms with Crippen LogP contribution in [0.25, 0.3) is 0 Å². The Bertz CT molecular complexity index is 395. The van der Waals surface area contributed by atoms with E-state index in [1.807, 2.05) is 18.4 Å². The van der Waals surface area contributed by atoms with Crippen molar-refractivity contribution in [2.24, 2.45) is 0 Å². The quantitative estimate of drug-likeness (QED) is 0.534. The minimum absolute atomic E-state index is 0.207. The maximum Gasteiger partial charge on any atom is 0.307 e. The molecule has 1 aromatic heterocycles. The van der Waals surface area contributed by atoms with Gasteiger partial charge in [0.05, 0.1) is 0 Å². The number of hydrogen-bond acceptors (Lipinski definition) is 3. The van der Waals surface area contributed by atoms with E-state index in [1.54, 1.807) is 0 Å². The molecule has 18 heavy (non-hydrogen) atoms. The predicted octanol–water partition coefficient (Wildman–Crippen LogP) is 4.19. The number of rotatable bonds is 9. The lowest BCUT2D eigenvalue weighted by Crippen LogP contribution is -2.14. The van der Waals surface area contributed by atoms with Crippen molar-refractivity contribution in [3.63, 3.8) is 0 Å². The Morgan fingerprint density at radius 2 is 1.56 bits per heavy atom. The Hall–Kier alpha value is -0.220. The normalized spacial score (nSPS) is 11.1. The summed E-state index contributed by atoms with van der Waals surface area (Å²) in [5.41, 5.74) is 1.15. The molecule has 0 aliphatic rings. The van der Waals surface area contributed by atoms with Crippen LogP contribution < -0.4 is 4.87 Å². The number of thiol groups is 1. The summed E-state index contributed by atoms with van der Waals surface area (Å²) in [4.78, 5) is 13.0. The molecule has 0 N–H and O–H groups in total. The summed E-state index contributed by atoms with van der Waals surface area (Å²) in [6.07, 6.45) is 8.87. The van der Waals surface area contributed by atoms with Crippen molar-refractivity contribution in [1.82, 2.24) is 4.57 Å². The van der Waals surface area contributed by atoms with Crippen molar-refractivity contribution in [3.05, 3.63) is 20.2 Å². The van der Waals surface area contributed by atoms with Gasteiger partial charge >= 0.3 is 4.87 Å². The third-order valence-electron chi connectivity index (χ3n) is 3.42. The summed E-state index contributed by atoms with van der Waals surface area (Å²) in [6.45, 7) is 4.97. The number of nitrogens with zero attached hydrogens (tertiary/aromatic N) is 1. The molecule has 0 bridgehead atoms.